The smallest absolute Gasteiger partial charge is 0.392 e. The molecule has 1 aromatic carbocycles. The Morgan fingerprint density at radius 2 is 1.68 bits per heavy atom. The summed E-state index contributed by atoms with van der Waals surface area (Å²) in [7, 11) is 0. The zero-order chi connectivity index (χ0) is 14.0. The fourth-order valence-corrected chi connectivity index (χ4v) is 2.69. The summed E-state index contributed by atoms with van der Waals surface area (Å²) in [5.74, 6) is 0. The van der Waals surface area contributed by atoms with E-state index in [9.17, 15) is 13.2 Å². The number of thiocarbonyl (C=S) groups is 1. The van der Waals surface area contributed by atoms with E-state index in [4.69, 9.17) is 18.0 Å². The normalized spacial score (nSPS) is 18.5. The van der Waals surface area contributed by atoms with E-state index in [1.54, 1.807) is 0 Å². The van der Waals surface area contributed by atoms with Gasteiger partial charge in [0.2, 0.25) is 0 Å². The molecule has 2 rings (SSSR count). The lowest BCUT2D eigenvalue weighted by atomic mass is 10.0. The van der Waals surface area contributed by atoms with Crippen LogP contribution < -0.4 is 5.73 Å². The maximum absolute atomic E-state index is 12.5. The third-order valence-corrected chi connectivity index (χ3v) is 3.55. The molecule has 2 N–H and O–H groups in total. The van der Waals surface area contributed by atoms with Crippen molar-refractivity contribution in [1.29, 1.82) is 0 Å². The lowest BCUT2D eigenvalue weighted by Crippen LogP contribution is -2.34. The highest BCUT2D eigenvalue weighted by molar-refractivity contribution is 7.80. The van der Waals surface area contributed by atoms with Crippen LogP contribution in [-0.4, -0.2) is 23.0 Å². The molecular weight excluding hydrogens is 273 g/mol. The Kier molecular flexibility index (Phi) is 4.10. The Morgan fingerprint density at radius 3 is 2.11 bits per heavy atom. The molecule has 0 bridgehead atoms. The topological polar surface area (TPSA) is 29.3 Å². The van der Waals surface area contributed by atoms with Crippen LogP contribution in [-0.2, 0) is 6.18 Å². The standard InChI is InChI=1S/C13H15F3N2S/c14-13(15,16)10-5-3-9(4-6-10)11(12(17)19)18-7-1-2-8-18/h3-6,11H,1-2,7-8H2,(H2,17,19). The lowest BCUT2D eigenvalue weighted by molar-refractivity contribution is -0.137. The minimum atomic E-state index is -4.31. The molecule has 6 heteroatoms. The molecule has 1 unspecified atom stereocenters. The fraction of sp³-hybridized carbons (Fsp3) is 0.462. The molecule has 104 valence electrons. The second-order valence-electron chi connectivity index (χ2n) is 4.67. The molecule has 19 heavy (non-hydrogen) atoms. The Hall–Kier alpha value is -1.14. The lowest BCUT2D eigenvalue weighted by Gasteiger charge is -2.27. The third kappa shape index (κ3) is 3.25. The first kappa shape index (κ1) is 14.3. The highest BCUT2D eigenvalue weighted by atomic mass is 32.1. The van der Waals surface area contributed by atoms with Crippen LogP contribution in [0, 0.1) is 0 Å². The number of benzene rings is 1. The number of hydrogen-bond donors (Lipinski definition) is 1. The Bertz CT molecular complexity index is 450. The van der Waals surface area contributed by atoms with Crippen LogP contribution in [0.4, 0.5) is 13.2 Å². The number of rotatable bonds is 3. The van der Waals surface area contributed by atoms with Crippen molar-refractivity contribution < 1.29 is 13.2 Å². The van der Waals surface area contributed by atoms with E-state index in [1.807, 2.05) is 0 Å². The number of hydrogen-bond acceptors (Lipinski definition) is 2. The van der Waals surface area contributed by atoms with Gasteiger partial charge in [0.15, 0.2) is 0 Å². The molecule has 1 heterocycles. The average molecular weight is 288 g/mol. The van der Waals surface area contributed by atoms with Crippen molar-refractivity contribution in [1.82, 2.24) is 4.90 Å². The summed E-state index contributed by atoms with van der Waals surface area (Å²) in [6, 6.07) is 4.82. The van der Waals surface area contributed by atoms with Gasteiger partial charge < -0.3 is 5.73 Å². The van der Waals surface area contributed by atoms with E-state index >= 15 is 0 Å². The molecule has 1 atom stereocenters. The first-order valence-corrected chi connectivity index (χ1v) is 6.51. The van der Waals surface area contributed by atoms with Gasteiger partial charge in [0.1, 0.15) is 0 Å². The van der Waals surface area contributed by atoms with Crippen molar-refractivity contribution in [2.24, 2.45) is 5.73 Å². The van der Waals surface area contributed by atoms with Crippen molar-refractivity contribution in [3.8, 4) is 0 Å². The van der Waals surface area contributed by atoms with E-state index in [0.29, 0.717) is 4.99 Å². The third-order valence-electron chi connectivity index (χ3n) is 3.33. The molecule has 0 amide bonds. The van der Waals surface area contributed by atoms with Crippen LogP contribution in [0.15, 0.2) is 24.3 Å². The minimum Gasteiger partial charge on any atom is -0.392 e. The van der Waals surface area contributed by atoms with Gasteiger partial charge in [-0.3, -0.25) is 4.90 Å². The van der Waals surface area contributed by atoms with Gasteiger partial charge in [-0.2, -0.15) is 13.2 Å². The summed E-state index contributed by atoms with van der Waals surface area (Å²) >= 11 is 5.06. The van der Waals surface area contributed by atoms with Crippen LogP contribution in [0.1, 0.15) is 30.0 Å². The molecule has 1 aromatic rings. The average Bonchev–Trinajstić information content (AvgIpc) is 2.82. The van der Waals surface area contributed by atoms with E-state index in [1.165, 1.54) is 12.1 Å². The van der Waals surface area contributed by atoms with Gasteiger partial charge in [-0.25, -0.2) is 0 Å². The van der Waals surface area contributed by atoms with Crippen LogP contribution in [0.3, 0.4) is 0 Å². The summed E-state index contributed by atoms with van der Waals surface area (Å²) in [5.41, 5.74) is 5.81. The van der Waals surface area contributed by atoms with E-state index in [-0.39, 0.29) is 6.04 Å². The number of alkyl halides is 3. The molecule has 0 aromatic heterocycles. The number of nitrogens with zero attached hydrogens (tertiary/aromatic N) is 1. The minimum absolute atomic E-state index is 0.264. The zero-order valence-corrected chi connectivity index (χ0v) is 11.1. The highest BCUT2D eigenvalue weighted by Gasteiger charge is 2.31. The maximum Gasteiger partial charge on any atom is 0.416 e. The SMILES string of the molecule is NC(=S)C(c1ccc(C(F)(F)F)cc1)N1CCCC1. The van der Waals surface area contributed by atoms with Gasteiger partial charge in [0.25, 0.3) is 0 Å². The van der Waals surface area contributed by atoms with Crippen LogP contribution in [0.2, 0.25) is 0 Å². The number of likely N-dealkylation sites (tertiary alicyclic amines) is 1. The van der Waals surface area contributed by atoms with Crippen molar-refractivity contribution in [2.75, 3.05) is 13.1 Å². The van der Waals surface area contributed by atoms with E-state index in [0.717, 1.165) is 43.6 Å². The second-order valence-corrected chi connectivity index (χ2v) is 5.14. The molecule has 0 aliphatic carbocycles. The summed E-state index contributed by atoms with van der Waals surface area (Å²) < 4.78 is 37.6. The Balaban J connectivity index is 2.25. The molecule has 1 saturated heterocycles. The molecule has 1 fully saturated rings. The largest absolute Gasteiger partial charge is 0.416 e. The predicted octanol–water partition coefficient (Wildman–Crippen LogP) is 3.13. The van der Waals surface area contributed by atoms with Crippen LogP contribution >= 0.6 is 12.2 Å². The second kappa shape index (κ2) is 5.46. The molecule has 0 spiro atoms. The predicted molar refractivity (Wildman–Crippen MR) is 71.8 cm³/mol. The summed E-state index contributed by atoms with van der Waals surface area (Å²) in [4.78, 5) is 2.42. The maximum atomic E-state index is 12.5. The van der Waals surface area contributed by atoms with Gasteiger partial charge in [-0.1, -0.05) is 24.4 Å². The first-order chi connectivity index (χ1) is 8.89. The summed E-state index contributed by atoms with van der Waals surface area (Å²) in [6.07, 6.45) is -2.18. The molecule has 1 aliphatic heterocycles. The molecule has 0 radical (unpaired) electrons. The highest BCUT2D eigenvalue weighted by Crippen LogP contribution is 2.31. The molecular formula is C13H15F3N2S. The molecule has 0 saturated carbocycles. The van der Waals surface area contributed by atoms with Crippen molar-refractivity contribution in [3.63, 3.8) is 0 Å². The van der Waals surface area contributed by atoms with Crippen LogP contribution in [0.25, 0.3) is 0 Å². The van der Waals surface area contributed by atoms with Crippen molar-refractivity contribution in [2.45, 2.75) is 25.1 Å². The van der Waals surface area contributed by atoms with E-state index < -0.39 is 11.7 Å². The van der Waals surface area contributed by atoms with Gasteiger partial charge >= 0.3 is 6.18 Å². The van der Waals surface area contributed by atoms with Gasteiger partial charge in [-0.05, 0) is 43.6 Å². The van der Waals surface area contributed by atoms with Gasteiger partial charge in [-0.15, -0.1) is 0 Å². The number of halogens is 3. The van der Waals surface area contributed by atoms with Gasteiger partial charge in [0.05, 0.1) is 16.6 Å². The zero-order valence-electron chi connectivity index (χ0n) is 10.3. The Labute approximate surface area is 115 Å². The van der Waals surface area contributed by atoms with Crippen molar-refractivity contribution >= 4 is 17.2 Å². The van der Waals surface area contributed by atoms with Crippen LogP contribution in [0.5, 0.6) is 0 Å². The van der Waals surface area contributed by atoms with E-state index in [2.05, 4.69) is 4.90 Å². The monoisotopic (exact) mass is 288 g/mol. The molecule has 2 nitrogen and oxygen atoms in total. The summed E-state index contributed by atoms with van der Waals surface area (Å²) in [6.45, 7) is 1.76. The fourth-order valence-electron chi connectivity index (χ4n) is 2.41. The van der Waals surface area contributed by atoms with Gasteiger partial charge in [0, 0.05) is 0 Å². The number of nitrogens with two attached hydrogens (primary N) is 1. The quantitative estimate of drug-likeness (QED) is 0.867. The first-order valence-electron chi connectivity index (χ1n) is 6.10. The molecule has 1 aliphatic rings. The Morgan fingerprint density at radius 1 is 1.16 bits per heavy atom. The van der Waals surface area contributed by atoms with Crippen molar-refractivity contribution in [3.05, 3.63) is 35.4 Å². The summed E-state index contributed by atoms with van der Waals surface area (Å²) in [5, 5.41) is 0.